The van der Waals surface area contributed by atoms with E-state index in [9.17, 15) is 4.57 Å². The summed E-state index contributed by atoms with van der Waals surface area (Å²) in [5.74, 6) is 0.215. The average molecular weight is 406 g/mol. The van der Waals surface area contributed by atoms with Gasteiger partial charge in [0.25, 0.3) is 0 Å². The number of hydrogen-bond acceptors (Lipinski definition) is 3. The molecule has 1 aliphatic heterocycles. The molecule has 28 heavy (non-hydrogen) atoms. The SMILES string of the molecule is O=P1(c2ccccc2)Oc2c(ccc3ccccc23)[C@H]1Nc1ccc(Cl)cc1. The van der Waals surface area contributed by atoms with Gasteiger partial charge in [-0.3, -0.25) is 4.57 Å². The van der Waals surface area contributed by atoms with Crippen LogP contribution >= 0.6 is 19.0 Å². The Morgan fingerprint density at radius 2 is 1.54 bits per heavy atom. The molecule has 1 unspecified atom stereocenters. The molecule has 138 valence electrons. The maximum Gasteiger partial charge on any atom is 0.303 e. The number of fused-ring (bicyclic) bond motifs is 3. The highest BCUT2D eigenvalue weighted by Gasteiger charge is 2.46. The molecule has 0 fully saturated rings. The van der Waals surface area contributed by atoms with Gasteiger partial charge in [0.1, 0.15) is 11.5 Å². The van der Waals surface area contributed by atoms with E-state index >= 15 is 0 Å². The second-order valence-electron chi connectivity index (χ2n) is 6.78. The molecule has 0 bridgehead atoms. The molecule has 0 aromatic heterocycles. The Morgan fingerprint density at radius 3 is 2.32 bits per heavy atom. The smallest absolute Gasteiger partial charge is 0.303 e. The van der Waals surface area contributed by atoms with Crippen LogP contribution in [0.3, 0.4) is 0 Å². The van der Waals surface area contributed by atoms with E-state index in [4.69, 9.17) is 16.1 Å². The Balaban J connectivity index is 1.69. The summed E-state index contributed by atoms with van der Waals surface area (Å²) in [6, 6.07) is 28.9. The third-order valence-electron chi connectivity index (χ3n) is 5.04. The number of nitrogens with one attached hydrogen (secondary N) is 1. The Bertz CT molecular complexity index is 1210. The lowest BCUT2D eigenvalue weighted by molar-refractivity contribution is 0.503. The summed E-state index contributed by atoms with van der Waals surface area (Å²) in [6.45, 7) is 0. The zero-order valence-corrected chi connectivity index (χ0v) is 16.5. The first-order chi connectivity index (χ1) is 13.6. The first-order valence-corrected chi connectivity index (χ1v) is 11.1. The molecule has 0 aliphatic carbocycles. The number of halogens is 1. The van der Waals surface area contributed by atoms with Gasteiger partial charge >= 0.3 is 7.37 Å². The predicted octanol–water partition coefficient (Wildman–Crippen LogP) is 6.60. The zero-order chi connectivity index (χ0) is 19.1. The van der Waals surface area contributed by atoms with E-state index in [0.29, 0.717) is 16.1 Å². The maximum atomic E-state index is 14.2. The molecule has 4 aromatic carbocycles. The molecule has 4 aromatic rings. The maximum absolute atomic E-state index is 14.2. The summed E-state index contributed by atoms with van der Waals surface area (Å²) < 4.78 is 20.5. The third kappa shape index (κ3) is 2.79. The molecule has 1 N–H and O–H groups in total. The van der Waals surface area contributed by atoms with E-state index in [-0.39, 0.29) is 0 Å². The lowest BCUT2D eigenvalue weighted by atomic mass is 10.1. The molecule has 0 saturated carbocycles. The van der Waals surface area contributed by atoms with Crippen LogP contribution in [0.15, 0.2) is 91.0 Å². The van der Waals surface area contributed by atoms with Gasteiger partial charge in [0.15, 0.2) is 0 Å². The van der Waals surface area contributed by atoms with Crippen LogP contribution in [0, 0.1) is 0 Å². The Hall–Kier alpha value is -2.74. The van der Waals surface area contributed by atoms with Gasteiger partial charge in [-0.2, -0.15) is 0 Å². The van der Waals surface area contributed by atoms with E-state index in [1.807, 2.05) is 84.9 Å². The van der Waals surface area contributed by atoms with Crippen LogP contribution < -0.4 is 15.1 Å². The largest absolute Gasteiger partial charge is 0.437 e. The van der Waals surface area contributed by atoms with Crippen molar-refractivity contribution in [2.75, 3.05) is 5.32 Å². The van der Waals surface area contributed by atoms with Crippen molar-refractivity contribution in [1.29, 1.82) is 0 Å². The summed E-state index contributed by atoms with van der Waals surface area (Å²) in [5, 5.41) is 6.82. The zero-order valence-electron chi connectivity index (χ0n) is 14.9. The minimum absolute atomic E-state index is 0.476. The summed E-state index contributed by atoms with van der Waals surface area (Å²) in [6.07, 6.45) is 0. The molecule has 3 nitrogen and oxygen atoms in total. The van der Waals surface area contributed by atoms with Gasteiger partial charge in [-0.05, 0) is 41.8 Å². The van der Waals surface area contributed by atoms with Crippen molar-refractivity contribution in [3.8, 4) is 5.75 Å². The predicted molar refractivity (Wildman–Crippen MR) is 116 cm³/mol. The molecule has 5 rings (SSSR count). The van der Waals surface area contributed by atoms with Crippen molar-refractivity contribution in [2.45, 2.75) is 5.78 Å². The van der Waals surface area contributed by atoms with Crippen molar-refractivity contribution >= 4 is 40.7 Å². The lowest BCUT2D eigenvalue weighted by Crippen LogP contribution is -2.16. The van der Waals surface area contributed by atoms with Gasteiger partial charge in [0, 0.05) is 21.7 Å². The van der Waals surface area contributed by atoms with E-state index < -0.39 is 13.2 Å². The third-order valence-corrected chi connectivity index (χ3v) is 7.85. The van der Waals surface area contributed by atoms with E-state index in [2.05, 4.69) is 11.4 Å². The number of hydrogen-bond donors (Lipinski definition) is 1. The van der Waals surface area contributed by atoms with Crippen LogP contribution in [0.25, 0.3) is 10.8 Å². The Labute approximate surface area is 168 Å². The highest BCUT2D eigenvalue weighted by Crippen LogP contribution is 2.66. The molecule has 0 amide bonds. The molecule has 5 heteroatoms. The van der Waals surface area contributed by atoms with Gasteiger partial charge in [0.05, 0.1) is 5.30 Å². The number of rotatable bonds is 3. The van der Waals surface area contributed by atoms with Gasteiger partial charge < -0.3 is 9.84 Å². The van der Waals surface area contributed by atoms with Crippen molar-refractivity contribution in [3.63, 3.8) is 0 Å². The van der Waals surface area contributed by atoms with Crippen molar-refractivity contribution in [3.05, 3.63) is 102 Å². The number of benzene rings is 4. The van der Waals surface area contributed by atoms with Gasteiger partial charge in [0.2, 0.25) is 0 Å². The average Bonchev–Trinajstić information content (AvgIpc) is 3.03. The van der Waals surface area contributed by atoms with Crippen LogP contribution in [-0.4, -0.2) is 0 Å². The van der Waals surface area contributed by atoms with Gasteiger partial charge in [-0.15, -0.1) is 0 Å². The van der Waals surface area contributed by atoms with Gasteiger partial charge in [-0.1, -0.05) is 66.2 Å². The van der Waals surface area contributed by atoms with Crippen LogP contribution in [0.5, 0.6) is 5.75 Å². The van der Waals surface area contributed by atoms with Crippen LogP contribution in [0.2, 0.25) is 5.02 Å². The van der Waals surface area contributed by atoms with Gasteiger partial charge in [-0.25, -0.2) is 0 Å². The van der Waals surface area contributed by atoms with E-state index in [1.54, 1.807) is 0 Å². The van der Waals surface area contributed by atoms with Crippen molar-refractivity contribution in [1.82, 2.24) is 0 Å². The quantitative estimate of drug-likeness (QED) is 0.390. The number of anilines is 1. The second-order valence-corrected chi connectivity index (χ2v) is 9.63. The molecule has 2 atom stereocenters. The molecule has 0 saturated heterocycles. The summed E-state index contributed by atoms with van der Waals surface area (Å²) >= 11 is 6.02. The summed E-state index contributed by atoms with van der Waals surface area (Å²) in [5.41, 5.74) is 1.75. The van der Waals surface area contributed by atoms with Crippen LogP contribution in [0.4, 0.5) is 5.69 Å². The van der Waals surface area contributed by atoms with E-state index in [1.165, 1.54) is 0 Å². The van der Waals surface area contributed by atoms with Crippen molar-refractivity contribution in [2.24, 2.45) is 0 Å². The fourth-order valence-corrected chi connectivity index (χ4v) is 6.24. The second kappa shape index (κ2) is 6.70. The minimum atomic E-state index is -3.24. The Kier molecular flexibility index (Phi) is 4.16. The minimum Gasteiger partial charge on any atom is -0.437 e. The highest BCUT2D eigenvalue weighted by atomic mass is 35.5. The first kappa shape index (κ1) is 17.4. The molecule has 1 heterocycles. The lowest BCUT2D eigenvalue weighted by Gasteiger charge is -2.22. The molecule has 1 aliphatic rings. The highest BCUT2D eigenvalue weighted by molar-refractivity contribution is 7.68. The summed E-state index contributed by atoms with van der Waals surface area (Å²) in [4.78, 5) is 0. The fraction of sp³-hybridized carbons (Fsp3) is 0.0435. The molecular formula is C23H17ClNO2P. The molecule has 0 spiro atoms. The Morgan fingerprint density at radius 1 is 0.821 bits per heavy atom. The molecule has 0 radical (unpaired) electrons. The van der Waals surface area contributed by atoms with Crippen LogP contribution in [0.1, 0.15) is 11.3 Å². The van der Waals surface area contributed by atoms with E-state index in [0.717, 1.165) is 22.0 Å². The summed E-state index contributed by atoms with van der Waals surface area (Å²) in [7, 11) is -3.24. The van der Waals surface area contributed by atoms with Crippen LogP contribution in [-0.2, 0) is 4.57 Å². The van der Waals surface area contributed by atoms with Crippen molar-refractivity contribution < 1.29 is 9.09 Å². The molecular weight excluding hydrogens is 389 g/mol. The normalized spacial score (nSPS) is 20.5. The monoisotopic (exact) mass is 405 g/mol. The topological polar surface area (TPSA) is 38.3 Å². The first-order valence-electron chi connectivity index (χ1n) is 9.04. The standard InChI is InChI=1S/C23H17ClNO2P/c24-17-11-13-18(14-12-17)25-23-21-15-10-16-6-4-5-9-20(16)22(21)27-28(23,26)19-7-2-1-3-8-19/h1-15,23,25H/t23-,28?/m0/s1. The fourth-order valence-electron chi connectivity index (χ4n) is 3.65.